The Hall–Kier alpha value is -3.54. The number of aliphatic carboxylic acids is 1. The molecule has 1 heterocycles. The van der Waals surface area contributed by atoms with Crippen LogP contribution in [-0.4, -0.2) is 33.0 Å². The van der Waals surface area contributed by atoms with Crippen molar-refractivity contribution in [1.29, 1.82) is 0 Å². The fraction of sp³-hybridized carbons (Fsp3) is 0.400. The molecule has 188 valence electrons. The van der Waals surface area contributed by atoms with Crippen molar-refractivity contribution < 1.29 is 14.7 Å². The van der Waals surface area contributed by atoms with Gasteiger partial charge in [-0.05, 0) is 67.6 Å². The second-order valence-corrected chi connectivity index (χ2v) is 9.87. The molecule has 0 spiro atoms. The quantitative estimate of drug-likeness (QED) is 0.387. The Morgan fingerprint density at radius 1 is 0.917 bits per heavy atom. The normalized spacial score (nSPS) is 18.4. The lowest BCUT2D eigenvalue weighted by atomic mass is 9.78. The highest BCUT2D eigenvalue weighted by atomic mass is 16.4. The lowest BCUT2D eigenvalue weighted by Crippen LogP contribution is -2.38. The number of carboxylic acid groups (broad SMARTS) is 1. The molecule has 1 unspecified atom stereocenters. The molecule has 2 N–H and O–H groups in total. The number of benzene rings is 2. The summed E-state index contributed by atoms with van der Waals surface area (Å²) in [6, 6.07) is 15.8. The number of carbonyl (C=O) groups is 2. The summed E-state index contributed by atoms with van der Waals surface area (Å²) in [6.45, 7) is 3.76. The van der Waals surface area contributed by atoms with Crippen molar-refractivity contribution in [3.63, 3.8) is 0 Å². The van der Waals surface area contributed by atoms with Crippen molar-refractivity contribution in [2.45, 2.75) is 70.8 Å². The van der Waals surface area contributed by atoms with E-state index in [4.69, 9.17) is 5.11 Å². The second-order valence-electron chi connectivity index (χ2n) is 9.87. The minimum Gasteiger partial charge on any atom is -0.480 e. The maximum atomic E-state index is 11.9. The van der Waals surface area contributed by atoms with Gasteiger partial charge in [0, 0.05) is 29.9 Å². The summed E-state index contributed by atoms with van der Waals surface area (Å²) in [5, 5.41) is 11.4. The van der Waals surface area contributed by atoms with Gasteiger partial charge in [0.05, 0.1) is 0 Å². The van der Waals surface area contributed by atoms with E-state index in [1.165, 1.54) is 44.6 Å². The van der Waals surface area contributed by atoms with Crippen LogP contribution in [0.5, 0.6) is 0 Å². The largest absolute Gasteiger partial charge is 0.480 e. The first kappa shape index (κ1) is 25.5. The summed E-state index contributed by atoms with van der Waals surface area (Å²) in [6.07, 6.45) is 11.1. The first-order valence-corrected chi connectivity index (χ1v) is 13.0. The Morgan fingerprint density at radius 2 is 1.53 bits per heavy atom. The van der Waals surface area contributed by atoms with E-state index in [0.717, 1.165) is 28.2 Å². The number of aromatic nitrogens is 2. The standard InChI is InChI=1S/C30H35N3O3/c1-3-21-4-9-23(10-5-21)24-13-15-25(16-14-24)27-18-31-29(32-19-27)26-11-6-22(7-12-26)8-17-28(34)33-20(2)30(35)36/h6-7,11-16,18-21,23H,3-5,8-10,17H2,1-2H3,(H,33,34)(H,35,36). The summed E-state index contributed by atoms with van der Waals surface area (Å²) in [5.41, 5.74) is 5.47. The Labute approximate surface area is 213 Å². The van der Waals surface area contributed by atoms with Crippen LogP contribution >= 0.6 is 0 Å². The molecule has 4 rings (SSSR count). The third-order valence-corrected chi connectivity index (χ3v) is 7.39. The molecule has 1 amide bonds. The summed E-state index contributed by atoms with van der Waals surface area (Å²) < 4.78 is 0. The van der Waals surface area contributed by atoms with Gasteiger partial charge in [-0.1, -0.05) is 61.9 Å². The van der Waals surface area contributed by atoms with Gasteiger partial charge in [0.25, 0.3) is 0 Å². The van der Waals surface area contributed by atoms with Crippen LogP contribution in [0.15, 0.2) is 60.9 Å². The molecule has 0 bridgehead atoms. The highest BCUT2D eigenvalue weighted by Gasteiger charge is 2.21. The lowest BCUT2D eigenvalue weighted by Gasteiger charge is -2.28. The van der Waals surface area contributed by atoms with Crippen LogP contribution in [-0.2, 0) is 16.0 Å². The number of rotatable bonds is 9. The van der Waals surface area contributed by atoms with Gasteiger partial charge in [-0.15, -0.1) is 0 Å². The number of aryl methyl sites for hydroxylation is 1. The second kappa shape index (κ2) is 11.9. The van der Waals surface area contributed by atoms with Gasteiger partial charge in [-0.2, -0.15) is 0 Å². The summed E-state index contributed by atoms with van der Waals surface area (Å²) in [4.78, 5) is 31.9. The molecular formula is C30H35N3O3. The van der Waals surface area contributed by atoms with Crippen LogP contribution in [0.2, 0.25) is 0 Å². The molecule has 0 saturated heterocycles. The minimum atomic E-state index is -1.04. The Balaban J connectivity index is 1.33. The van der Waals surface area contributed by atoms with Crippen molar-refractivity contribution >= 4 is 11.9 Å². The summed E-state index contributed by atoms with van der Waals surface area (Å²) in [7, 11) is 0. The van der Waals surface area contributed by atoms with Gasteiger partial charge >= 0.3 is 5.97 Å². The van der Waals surface area contributed by atoms with E-state index in [0.29, 0.717) is 18.2 Å². The van der Waals surface area contributed by atoms with Crippen molar-refractivity contribution in [2.24, 2.45) is 5.92 Å². The molecule has 1 aromatic heterocycles. The topological polar surface area (TPSA) is 92.2 Å². The van der Waals surface area contributed by atoms with Crippen LogP contribution in [0, 0.1) is 5.92 Å². The van der Waals surface area contributed by atoms with E-state index in [1.54, 1.807) is 0 Å². The zero-order valence-electron chi connectivity index (χ0n) is 21.1. The predicted molar refractivity (Wildman–Crippen MR) is 141 cm³/mol. The number of nitrogens with zero attached hydrogens (tertiary/aromatic N) is 2. The number of hydrogen-bond donors (Lipinski definition) is 2. The SMILES string of the molecule is CCC1CCC(c2ccc(-c3cnc(-c4ccc(CCC(=O)NC(C)C(=O)O)cc4)nc3)cc2)CC1. The first-order chi connectivity index (χ1) is 17.4. The molecule has 0 radical (unpaired) electrons. The first-order valence-electron chi connectivity index (χ1n) is 13.0. The Morgan fingerprint density at radius 3 is 2.11 bits per heavy atom. The molecule has 36 heavy (non-hydrogen) atoms. The van der Waals surface area contributed by atoms with Crippen molar-refractivity contribution in [1.82, 2.24) is 15.3 Å². The average Bonchev–Trinajstić information content (AvgIpc) is 2.92. The highest BCUT2D eigenvalue weighted by molar-refractivity contribution is 5.83. The van der Waals surface area contributed by atoms with Gasteiger partial charge in [0.1, 0.15) is 6.04 Å². The Bertz CT molecular complexity index is 1150. The number of carbonyl (C=O) groups excluding carboxylic acids is 1. The number of carboxylic acids is 1. The van der Waals surface area contributed by atoms with E-state index in [2.05, 4.69) is 46.5 Å². The van der Waals surface area contributed by atoms with Crippen LogP contribution in [0.1, 0.15) is 69.4 Å². The number of nitrogens with one attached hydrogen (secondary N) is 1. The molecule has 1 atom stereocenters. The van der Waals surface area contributed by atoms with Crippen LogP contribution in [0.3, 0.4) is 0 Å². The van der Waals surface area contributed by atoms with Crippen LogP contribution in [0.25, 0.3) is 22.5 Å². The van der Waals surface area contributed by atoms with E-state index in [1.807, 2.05) is 36.7 Å². The predicted octanol–water partition coefficient (Wildman–Crippen LogP) is 6.02. The minimum absolute atomic E-state index is 0.237. The average molecular weight is 486 g/mol. The van der Waals surface area contributed by atoms with Crippen molar-refractivity contribution in [3.05, 3.63) is 72.1 Å². The molecule has 1 aliphatic rings. The van der Waals surface area contributed by atoms with Gasteiger partial charge in [0.15, 0.2) is 5.82 Å². The van der Waals surface area contributed by atoms with E-state index >= 15 is 0 Å². The lowest BCUT2D eigenvalue weighted by molar-refractivity contribution is -0.141. The monoisotopic (exact) mass is 485 g/mol. The maximum absolute atomic E-state index is 11.9. The summed E-state index contributed by atoms with van der Waals surface area (Å²) in [5.74, 6) is 0.937. The highest BCUT2D eigenvalue weighted by Crippen LogP contribution is 2.37. The van der Waals surface area contributed by atoms with Crippen molar-refractivity contribution in [2.75, 3.05) is 0 Å². The third-order valence-electron chi connectivity index (χ3n) is 7.39. The van der Waals surface area contributed by atoms with Gasteiger partial charge < -0.3 is 10.4 Å². The van der Waals surface area contributed by atoms with Gasteiger partial charge in [0.2, 0.25) is 5.91 Å². The van der Waals surface area contributed by atoms with Gasteiger partial charge in [-0.25, -0.2) is 9.97 Å². The van der Waals surface area contributed by atoms with Crippen LogP contribution < -0.4 is 5.32 Å². The molecule has 2 aromatic carbocycles. The molecule has 3 aromatic rings. The maximum Gasteiger partial charge on any atom is 0.325 e. The van der Waals surface area contributed by atoms with Crippen LogP contribution in [0.4, 0.5) is 0 Å². The molecule has 1 fully saturated rings. The fourth-order valence-corrected chi connectivity index (χ4v) is 4.93. The van der Waals surface area contributed by atoms with E-state index in [9.17, 15) is 9.59 Å². The van der Waals surface area contributed by atoms with Gasteiger partial charge in [-0.3, -0.25) is 9.59 Å². The smallest absolute Gasteiger partial charge is 0.325 e. The molecular weight excluding hydrogens is 450 g/mol. The zero-order valence-corrected chi connectivity index (χ0v) is 21.1. The zero-order chi connectivity index (χ0) is 25.5. The molecule has 6 heteroatoms. The Kier molecular flexibility index (Phi) is 8.47. The van der Waals surface area contributed by atoms with Crippen molar-refractivity contribution in [3.8, 4) is 22.5 Å². The number of amides is 1. The molecule has 6 nitrogen and oxygen atoms in total. The number of hydrogen-bond acceptors (Lipinski definition) is 4. The molecule has 0 aliphatic heterocycles. The third kappa shape index (κ3) is 6.56. The molecule has 1 saturated carbocycles. The van der Waals surface area contributed by atoms with E-state index < -0.39 is 12.0 Å². The fourth-order valence-electron chi connectivity index (χ4n) is 4.93. The molecule has 1 aliphatic carbocycles. The van der Waals surface area contributed by atoms with E-state index in [-0.39, 0.29) is 12.3 Å². The summed E-state index contributed by atoms with van der Waals surface area (Å²) >= 11 is 0.